The summed E-state index contributed by atoms with van der Waals surface area (Å²) >= 11 is 7.70. The zero-order valence-electron chi connectivity index (χ0n) is 16.2. The Bertz CT molecular complexity index is 1380. The molecule has 5 rings (SSSR count). The summed E-state index contributed by atoms with van der Waals surface area (Å²) in [4.78, 5) is 0. The SMILES string of the molecule is COc1ccc2c(C)cc3nnc(SCc4nnc(-c5ccccc5Cl)o4)n3c2c1. The molecule has 2 aromatic carbocycles. The van der Waals surface area contributed by atoms with Crippen LogP contribution in [0.5, 0.6) is 5.75 Å². The second-order valence-corrected chi connectivity index (χ2v) is 8.01. The van der Waals surface area contributed by atoms with Crippen molar-refractivity contribution in [3.63, 3.8) is 0 Å². The van der Waals surface area contributed by atoms with E-state index in [0.717, 1.165) is 33.0 Å². The minimum absolute atomic E-state index is 0.396. The second-order valence-electron chi connectivity index (χ2n) is 6.66. The molecule has 0 N–H and O–H groups in total. The Morgan fingerprint density at radius 1 is 1.07 bits per heavy atom. The molecule has 0 radical (unpaired) electrons. The van der Waals surface area contributed by atoms with Crippen molar-refractivity contribution in [2.75, 3.05) is 7.11 Å². The summed E-state index contributed by atoms with van der Waals surface area (Å²) < 4.78 is 13.2. The molecule has 7 nitrogen and oxygen atoms in total. The average molecular weight is 438 g/mol. The van der Waals surface area contributed by atoms with Crippen LogP contribution in [-0.4, -0.2) is 31.9 Å². The highest BCUT2D eigenvalue weighted by molar-refractivity contribution is 7.98. The van der Waals surface area contributed by atoms with Crippen molar-refractivity contribution in [1.82, 2.24) is 24.8 Å². The number of benzene rings is 2. The summed E-state index contributed by atoms with van der Waals surface area (Å²) in [7, 11) is 1.65. The third kappa shape index (κ3) is 3.28. The van der Waals surface area contributed by atoms with Gasteiger partial charge in [0, 0.05) is 11.5 Å². The molecule has 5 aromatic rings. The van der Waals surface area contributed by atoms with Gasteiger partial charge in [0.1, 0.15) is 5.75 Å². The van der Waals surface area contributed by atoms with Gasteiger partial charge in [0.25, 0.3) is 0 Å². The molecule has 9 heteroatoms. The van der Waals surface area contributed by atoms with Gasteiger partial charge in [-0.25, -0.2) is 0 Å². The monoisotopic (exact) mass is 437 g/mol. The number of hydrogen-bond donors (Lipinski definition) is 0. The Morgan fingerprint density at radius 2 is 1.93 bits per heavy atom. The van der Waals surface area contributed by atoms with Crippen LogP contribution in [0, 0.1) is 6.92 Å². The molecule has 0 atom stereocenters. The number of fused-ring (bicyclic) bond motifs is 3. The maximum atomic E-state index is 6.22. The van der Waals surface area contributed by atoms with E-state index in [2.05, 4.69) is 27.3 Å². The normalized spacial score (nSPS) is 11.4. The summed E-state index contributed by atoms with van der Waals surface area (Å²) in [5, 5.41) is 19.4. The molecule has 0 saturated heterocycles. The van der Waals surface area contributed by atoms with Crippen molar-refractivity contribution in [2.45, 2.75) is 17.8 Å². The van der Waals surface area contributed by atoms with Crippen molar-refractivity contribution >= 4 is 39.9 Å². The van der Waals surface area contributed by atoms with E-state index in [1.54, 1.807) is 13.2 Å². The Kier molecular flexibility index (Phi) is 4.80. The van der Waals surface area contributed by atoms with Crippen molar-refractivity contribution in [3.05, 3.63) is 65.0 Å². The third-order valence-electron chi connectivity index (χ3n) is 4.77. The molecule has 30 heavy (non-hydrogen) atoms. The highest BCUT2D eigenvalue weighted by Crippen LogP contribution is 2.31. The van der Waals surface area contributed by atoms with E-state index >= 15 is 0 Å². The van der Waals surface area contributed by atoms with E-state index in [-0.39, 0.29) is 0 Å². The zero-order valence-corrected chi connectivity index (χ0v) is 17.7. The van der Waals surface area contributed by atoms with Gasteiger partial charge >= 0.3 is 0 Å². The number of methoxy groups -OCH3 is 1. The number of nitrogens with zero attached hydrogens (tertiary/aromatic N) is 5. The molecule has 150 valence electrons. The number of rotatable bonds is 5. The molecule has 0 amide bonds. The third-order valence-corrected chi connectivity index (χ3v) is 6.01. The first-order chi connectivity index (χ1) is 14.6. The van der Waals surface area contributed by atoms with E-state index in [0.29, 0.717) is 28.1 Å². The Balaban J connectivity index is 1.48. The van der Waals surface area contributed by atoms with Crippen LogP contribution < -0.4 is 4.74 Å². The maximum Gasteiger partial charge on any atom is 0.249 e. The summed E-state index contributed by atoms with van der Waals surface area (Å²) in [5.41, 5.74) is 3.60. The molecular formula is C21H16ClN5O2S. The summed E-state index contributed by atoms with van der Waals surface area (Å²) in [6, 6.07) is 15.4. The topological polar surface area (TPSA) is 78.3 Å². The lowest BCUT2D eigenvalue weighted by Crippen LogP contribution is -1.95. The fourth-order valence-electron chi connectivity index (χ4n) is 3.30. The molecule has 0 bridgehead atoms. The lowest BCUT2D eigenvalue weighted by Gasteiger charge is -2.09. The van der Waals surface area contributed by atoms with Gasteiger partial charge in [-0.2, -0.15) is 0 Å². The molecule has 0 saturated carbocycles. The van der Waals surface area contributed by atoms with Crippen molar-refractivity contribution in [1.29, 1.82) is 0 Å². The Labute approximate surface area is 181 Å². The number of ether oxygens (including phenoxy) is 1. The first-order valence-electron chi connectivity index (χ1n) is 9.16. The van der Waals surface area contributed by atoms with Gasteiger partial charge in [-0.15, -0.1) is 20.4 Å². The maximum absolute atomic E-state index is 6.22. The summed E-state index contributed by atoms with van der Waals surface area (Å²) in [6.45, 7) is 2.06. The number of aryl methyl sites for hydroxylation is 1. The molecule has 0 spiro atoms. The smallest absolute Gasteiger partial charge is 0.249 e. The molecule has 0 aliphatic rings. The molecule has 3 aromatic heterocycles. The largest absolute Gasteiger partial charge is 0.497 e. The minimum atomic E-state index is 0.396. The van der Waals surface area contributed by atoms with Gasteiger partial charge in [0.15, 0.2) is 10.8 Å². The van der Waals surface area contributed by atoms with Gasteiger partial charge in [0.2, 0.25) is 11.8 Å². The minimum Gasteiger partial charge on any atom is -0.497 e. The quantitative estimate of drug-likeness (QED) is 0.350. The summed E-state index contributed by atoms with van der Waals surface area (Å²) in [5.74, 6) is 2.12. The molecule has 0 aliphatic heterocycles. The van der Waals surface area contributed by atoms with E-state index in [9.17, 15) is 0 Å². The molecule has 0 aliphatic carbocycles. The molecular weight excluding hydrogens is 422 g/mol. The highest BCUT2D eigenvalue weighted by atomic mass is 35.5. The predicted molar refractivity (Wildman–Crippen MR) is 116 cm³/mol. The zero-order chi connectivity index (χ0) is 20.7. The van der Waals surface area contributed by atoms with E-state index in [1.807, 2.05) is 46.9 Å². The second kappa shape index (κ2) is 7.62. The number of aromatic nitrogens is 5. The lowest BCUT2D eigenvalue weighted by atomic mass is 10.1. The number of hydrogen-bond acceptors (Lipinski definition) is 7. The standard InChI is InChI=1S/C21H16ClN5O2S/c1-12-9-18-23-26-21(27(18)17-10-13(28-2)7-8-14(12)17)30-11-19-24-25-20(29-19)15-5-3-4-6-16(15)22/h3-10H,11H2,1-2H3. The van der Waals surface area contributed by atoms with Gasteiger partial charge in [-0.3, -0.25) is 4.40 Å². The van der Waals surface area contributed by atoms with Crippen LogP contribution in [0.15, 0.2) is 58.1 Å². The van der Waals surface area contributed by atoms with Gasteiger partial charge in [-0.05, 0) is 42.8 Å². The van der Waals surface area contributed by atoms with Gasteiger partial charge in [0.05, 0.1) is 29.0 Å². The Morgan fingerprint density at radius 3 is 2.77 bits per heavy atom. The van der Waals surface area contributed by atoms with Crippen molar-refractivity contribution < 1.29 is 9.15 Å². The highest BCUT2D eigenvalue weighted by Gasteiger charge is 2.15. The van der Waals surface area contributed by atoms with Crippen LogP contribution in [-0.2, 0) is 5.75 Å². The van der Waals surface area contributed by atoms with Crippen LogP contribution >= 0.6 is 23.4 Å². The van der Waals surface area contributed by atoms with Crippen molar-refractivity contribution in [2.24, 2.45) is 0 Å². The van der Waals surface area contributed by atoms with Gasteiger partial charge < -0.3 is 9.15 Å². The van der Waals surface area contributed by atoms with E-state index < -0.39 is 0 Å². The molecule has 0 fully saturated rings. The van der Waals surface area contributed by atoms with Crippen LogP contribution in [0.1, 0.15) is 11.5 Å². The first-order valence-corrected chi connectivity index (χ1v) is 10.5. The first kappa shape index (κ1) is 18.9. The lowest BCUT2D eigenvalue weighted by molar-refractivity contribution is 0.415. The van der Waals surface area contributed by atoms with E-state index in [1.165, 1.54) is 11.8 Å². The average Bonchev–Trinajstić information content (AvgIpc) is 3.39. The van der Waals surface area contributed by atoms with Gasteiger partial charge in [-0.1, -0.05) is 35.5 Å². The van der Waals surface area contributed by atoms with Crippen LogP contribution in [0.2, 0.25) is 5.02 Å². The fourth-order valence-corrected chi connectivity index (χ4v) is 4.31. The Hall–Kier alpha value is -3.10. The predicted octanol–water partition coefficient (Wildman–Crippen LogP) is 5.20. The summed E-state index contributed by atoms with van der Waals surface area (Å²) in [6.07, 6.45) is 0. The number of halogens is 1. The number of pyridine rings is 1. The van der Waals surface area contributed by atoms with E-state index in [4.69, 9.17) is 20.8 Å². The molecule has 3 heterocycles. The fraction of sp³-hybridized carbons (Fsp3) is 0.143. The molecule has 0 unspecified atom stereocenters. The number of thioether (sulfide) groups is 1. The van der Waals surface area contributed by atoms with Crippen LogP contribution in [0.3, 0.4) is 0 Å². The van der Waals surface area contributed by atoms with Crippen LogP contribution in [0.4, 0.5) is 0 Å². The van der Waals surface area contributed by atoms with Crippen LogP contribution in [0.25, 0.3) is 28.0 Å². The van der Waals surface area contributed by atoms with Crippen molar-refractivity contribution in [3.8, 4) is 17.2 Å².